The molecule has 0 saturated carbocycles. The summed E-state index contributed by atoms with van der Waals surface area (Å²) in [6.07, 6.45) is 2.33. The van der Waals surface area contributed by atoms with Crippen molar-refractivity contribution < 1.29 is 13.2 Å². The Balaban J connectivity index is 2.02. The molecule has 0 spiro atoms. The van der Waals surface area contributed by atoms with Crippen molar-refractivity contribution in [2.24, 2.45) is 0 Å². The summed E-state index contributed by atoms with van der Waals surface area (Å²) >= 11 is 0. The molecule has 2 atom stereocenters. The third kappa shape index (κ3) is 2.65. The van der Waals surface area contributed by atoms with E-state index in [9.17, 15) is 8.42 Å². The number of hydrogen-bond acceptors (Lipinski definition) is 4. The van der Waals surface area contributed by atoms with Gasteiger partial charge in [-0.1, -0.05) is 0 Å². The van der Waals surface area contributed by atoms with E-state index in [0.29, 0.717) is 19.1 Å². The molecule has 0 aromatic carbocycles. The number of fused-ring (bicyclic) bond motifs is 1. The maximum Gasteiger partial charge on any atom is 0.219 e. The second-order valence-electron chi connectivity index (χ2n) is 5.00. The van der Waals surface area contributed by atoms with Crippen LogP contribution in [0.25, 0.3) is 0 Å². The van der Waals surface area contributed by atoms with Crippen molar-refractivity contribution in [2.75, 3.05) is 39.9 Å². The van der Waals surface area contributed by atoms with E-state index in [1.165, 1.54) is 6.42 Å². The largest absolute Gasteiger partial charge is 0.383 e. The van der Waals surface area contributed by atoms with Gasteiger partial charge in [-0.15, -0.1) is 0 Å². The zero-order valence-corrected chi connectivity index (χ0v) is 11.4. The number of hydrogen-bond donors (Lipinski definition) is 0. The fourth-order valence-corrected chi connectivity index (χ4v) is 4.30. The summed E-state index contributed by atoms with van der Waals surface area (Å²) in [7, 11) is -1.64. The van der Waals surface area contributed by atoms with Crippen molar-refractivity contribution in [3.05, 3.63) is 0 Å². The second-order valence-corrected chi connectivity index (χ2v) is 7.35. The van der Waals surface area contributed by atoms with Crippen LogP contribution < -0.4 is 0 Å². The lowest BCUT2D eigenvalue weighted by Gasteiger charge is -2.37. The fourth-order valence-electron chi connectivity index (χ4n) is 2.77. The van der Waals surface area contributed by atoms with Crippen LogP contribution in [0.3, 0.4) is 0 Å². The Morgan fingerprint density at radius 3 is 2.82 bits per heavy atom. The summed E-state index contributed by atoms with van der Waals surface area (Å²) < 4.78 is 31.2. The minimum Gasteiger partial charge on any atom is -0.383 e. The van der Waals surface area contributed by atoms with Gasteiger partial charge in [0.05, 0.1) is 11.9 Å². The highest BCUT2D eigenvalue weighted by Gasteiger charge is 2.37. The zero-order valence-electron chi connectivity index (χ0n) is 10.6. The molecule has 0 N–H and O–H groups in total. The third-order valence-corrected chi connectivity index (χ3v) is 6.02. The van der Waals surface area contributed by atoms with Gasteiger partial charge in [-0.05, 0) is 26.3 Å². The predicted octanol–water partition coefficient (Wildman–Crippen LogP) is 0.131. The third-order valence-electron chi connectivity index (χ3n) is 3.82. The molecule has 0 aliphatic carbocycles. The van der Waals surface area contributed by atoms with Gasteiger partial charge in [-0.25, -0.2) is 8.42 Å². The molecule has 2 fully saturated rings. The summed E-state index contributed by atoms with van der Waals surface area (Å²) in [5, 5.41) is -0.444. The van der Waals surface area contributed by atoms with Crippen LogP contribution in [0.5, 0.6) is 0 Å². The number of sulfonamides is 1. The van der Waals surface area contributed by atoms with Gasteiger partial charge < -0.3 is 4.74 Å². The average Bonchev–Trinajstić information content (AvgIpc) is 2.76. The van der Waals surface area contributed by atoms with E-state index in [4.69, 9.17) is 4.74 Å². The Hall–Kier alpha value is -0.170. The van der Waals surface area contributed by atoms with Crippen molar-refractivity contribution in [1.29, 1.82) is 0 Å². The molecule has 2 aliphatic heterocycles. The van der Waals surface area contributed by atoms with Crippen LogP contribution >= 0.6 is 0 Å². The molecule has 2 aliphatic rings. The summed E-state index contributed by atoms with van der Waals surface area (Å²) in [4.78, 5) is 2.41. The molecule has 0 amide bonds. The van der Waals surface area contributed by atoms with Gasteiger partial charge >= 0.3 is 0 Å². The first-order valence-corrected chi connectivity index (χ1v) is 7.78. The lowest BCUT2D eigenvalue weighted by molar-refractivity contribution is 0.153. The number of ether oxygens (including phenoxy) is 1. The van der Waals surface area contributed by atoms with Crippen LogP contribution in [0.2, 0.25) is 0 Å². The van der Waals surface area contributed by atoms with Crippen LogP contribution in [-0.2, 0) is 14.8 Å². The quantitative estimate of drug-likeness (QED) is 0.723. The minimum absolute atomic E-state index is 0.271. The molecule has 2 heterocycles. The first-order valence-electron chi connectivity index (χ1n) is 6.27. The number of rotatable bonds is 4. The van der Waals surface area contributed by atoms with E-state index >= 15 is 0 Å². The van der Waals surface area contributed by atoms with Crippen LogP contribution in [0.4, 0.5) is 0 Å². The first-order chi connectivity index (χ1) is 8.05. The highest BCUT2D eigenvalue weighted by Crippen LogP contribution is 2.24. The molecule has 17 heavy (non-hydrogen) atoms. The maximum atomic E-state index is 12.3. The Kier molecular flexibility index (Phi) is 4.07. The molecule has 0 radical (unpaired) electrons. The molecule has 0 bridgehead atoms. The van der Waals surface area contributed by atoms with Gasteiger partial charge in [-0.3, -0.25) is 4.90 Å². The molecule has 0 unspecified atom stereocenters. The topological polar surface area (TPSA) is 49.9 Å². The Morgan fingerprint density at radius 2 is 2.12 bits per heavy atom. The van der Waals surface area contributed by atoms with Crippen molar-refractivity contribution in [3.63, 3.8) is 0 Å². The summed E-state index contributed by atoms with van der Waals surface area (Å²) in [6, 6.07) is 0.438. The summed E-state index contributed by atoms with van der Waals surface area (Å²) in [5.41, 5.74) is 0. The van der Waals surface area contributed by atoms with E-state index in [0.717, 1.165) is 19.5 Å². The van der Waals surface area contributed by atoms with Crippen LogP contribution in [0.15, 0.2) is 0 Å². The molecule has 5 nitrogen and oxygen atoms in total. The van der Waals surface area contributed by atoms with Crippen molar-refractivity contribution in [3.8, 4) is 0 Å². The van der Waals surface area contributed by atoms with Crippen molar-refractivity contribution >= 4 is 10.0 Å². The normalized spacial score (nSPS) is 29.2. The highest BCUT2D eigenvalue weighted by molar-refractivity contribution is 7.89. The lowest BCUT2D eigenvalue weighted by Crippen LogP contribution is -2.54. The SMILES string of the molecule is COC[C@@H](C)S(=O)(=O)N1CCN2CCC[C@@H]2C1. The lowest BCUT2D eigenvalue weighted by atomic mass is 10.2. The molecular formula is C11H22N2O3S. The van der Waals surface area contributed by atoms with E-state index in [-0.39, 0.29) is 6.61 Å². The molecule has 0 aromatic heterocycles. The van der Waals surface area contributed by atoms with Gasteiger partial charge in [0.15, 0.2) is 0 Å². The number of methoxy groups -OCH3 is 1. The Bertz CT molecular complexity index is 358. The standard InChI is InChI=1S/C11H22N2O3S/c1-10(9-16-2)17(14,15)13-7-6-12-5-3-4-11(12)8-13/h10-11H,3-9H2,1-2H3/t10-,11-/m1/s1. The van der Waals surface area contributed by atoms with E-state index in [1.807, 2.05) is 0 Å². The Morgan fingerprint density at radius 1 is 1.35 bits per heavy atom. The molecular weight excluding hydrogens is 240 g/mol. The van der Waals surface area contributed by atoms with Crippen LogP contribution in [0, 0.1) is 0 Å². The van der Waals surface area contributed by atoms with Gasteiger partial charge in [-0.2, -0.15) is 4.31 Å². The molecule has 0 aromatic rings. The van der Waals surface area contributed by atoms with Crippen molar-refractivity contribution in [2.45, 2.75) is 31.1 Å². The zero-order chi connectivity index (χ0) is 12.5. The van der Waals surface area contributed by atoms with Gasteiger partial charge in [0.2, 0.25) is 10.0 Å². The van der Waals surface area contributed by atoms with Gasteiger partial charge in [0.1, 0.15) is 0 Å². The average molecular weight is 262 g/mol. The van der Waals surface area contributed by atoms with Crippen LogP contribution in [-0.4, -0.2) is 68.8 Å². The van der Waals surface area contributed by atoms with E-state index < -0.39 is 15.3 Å². The Labute approximate surface area is 104 Å². The number of nitrogens with zero attached hydrogens (tertiary/aromatic N) is 2. The van der Waals surface area contributed by atoms with E-state index in [1.54, 1.807) is 18.3 Å². The predicted molar refractivity (Wildman–Crippen MR) is 66.4 cm³/mol. The summed E-state index contributed by atoms with van der Waals surface area (Å²) in [5.74, 6) is 0. The molecule has 100 valence electrons. The second kappa shape index (κ2) is 5.22. The first kappa shape index (κ1) is 13.3. The smallest absolute Gasteiger partial charge is 0.219 e. The highest BCUT2D eigenvalue weighted by atomic mass is 32.2. The van der Waals surface area contributed by atoms with Crippen molar-refractivity contribution in [1.82, 2.24) is 9.21 Å². The monoisotopic (exact) mass is 262 g/mol. The molecule has 6 heteroatoms. The summed E-state index contributed by atoms with van der Waals surface area (Å²) in [6.45, 7) is 5.30. The molecule has 2 rings (SSSR count). The maximum absolute atomic E-state index is 12.3. The molecule has 2 saturated heterocycles. The van der Waals surface area contributed by atoms with E-state index in [2.05, 4.69) is 4.90 Å². The number of piperazine rings is 1. The minimum atomic E-state index is -3.18. The van der Waals surface area contributed by atoms with Gasteiger partial charge in [0, 0.05) is 32.8 Å². The van der Waals surface area contributed by atoms with Gasteiger partial charge in [0.25, 0.3) is 0 Å². The van der Waals surface area contributed by atoms with Crippen LogP contribution in [0.1, 0.15) is 19.8 Å². The fraction of sp³-hybridized carbons (Fsp3) is 1.00.